The van der Waals surface area contributed by atoms with Gasteiger partial charge in [0, 0.05) is 13.1 Å². The molecule has 0 unspecified atom stereocenters. The summed E-state index contributed by atoms with van der Waals surface area (Å²) >= 11 is 0. The van der Waals surface area contributed by atoms with Crippen molar-refractivity contribution in [2.75, 3.05) is 20.1 Å². The first-order valence-electron chi connectivity index (χ1n) is 5.20. The van der Waals surface area contributed by atoms with Crippen LogP contribution in [0.25, 0.3) is 0 Å². The van der Waals surface area contributed by atoms with Crippen molar-refractivity contribution < 1.29 is 18.3 Å². The molecule has 5 heteroatoms. The Morgan fingerprint density at radius 2 is 1.60 bits per heavy atom. The van der Waals surface area contributed by atoms with Gasteiger partial charge in [-0.15, -0.1) is 0 Å². The minimum absolute atomic E-state index is 0.0637. The van der Waals surface area contributed by atoms with Crippen molar-refractivity contribution in [1.29, 1.82) is 0 Å². The zero-order chi connectivity index (χ0) is 12.1. The zero-order valence-electron chi connectivity index (χ0n) is 9.56. The lowest BCUT2D eigenvalue weighted by molar-refractivity contribution is -0.139. The number of rotatable bonds is 6. The predicted molar refractivity (Wildman–Crippen MR) is 53.7 cm³/mol. The maximum absolute atomic E-state index is 11.9. The second-order valence-corrected chi connectivity index (χ2v) is 4.03. The highest BCUT2D eigenvalue weighted by atomic mass is 19.4. The van der Waals surface area contributed by atoms with Crippen LogP contribution in [0.4, 0.5) is 13.2 Å². The number of alkyl halides is 3. The monoisotopic (exact) mass is 227 g/mol. The van der Waals surface area contributed by atoms with Gasteiger partial charge >= 0.3 is 6.18 Å². The van der Waals surface area contributed by atoms with Gasteiger partial charge in [-0.3, -0.25) is 0 Å². The lowest BCUT2D eigenvalue weighted by atomic mass is 9.97. The maximum atomic E-state index is 11.9. The molecular formula is C10H20F3NO. The SMILES string of the molecule is CCC(O)(CC)CN(C)CCC(F)(F)F. The number of aliphatic hydroxyl groups is 1. The third kappa shape index (κ3) is 6.73. The number of hydrogen-bond acceptors (Lipinski definition) is 2. The molecule has 0 aromatic rings. The van der Waals surface area contributed by atoms with E-state index in [4.69, 9.17) is 0 Å². The third-order valence-electron chi connectivity index (χ3n) is 2.66. The standard InChI is InChI=1S/C10H20F3NO/c1-4-9(15,5-2)8-14(3)7-6-10(11,12)13/h15H,4-8H2,1-3H3. The van der Waals surface area contributed by atoms with Crippen LogP contribution in [0.1, 0.15) is 33.1 Å². The molecular weight excluding hydrogens is 207 g/mol. The van der Waals surface area contributed by atoms with Gasteiger partial charge in [0.15, 0.2) is 0 Å². The van der Waals surface area contributed by atoms with E-state index in [1.165, 1.54) is 4.90 Å². The van der Waals surface area contributed by atoms with Crippen molar-refractivity contribution in [3.05, 3.63) is 0 Å². The van der Waals surface area contributed by atoms with Gasteiger partial charge < -0.3 is 10.0 Å². The van der Waals surface area contributed by atoms with Crippen LogP contribution in [0.5, 0.6) is 0 Å². The minimum Gasteiger partial charge on any atom is -0.389 e. The van der Waals surface area contributed by atoms with E-state index in [0.717, 1.165) is 0 Å². The number of nitrogens with zero attached hydrogens (tertiary/aromatic N) is 1. The molecule has 0 heterocycles. The minimum atomic E-state index is -4.12. The van der Waals surface area contributed by atoms with E-state index < -0.39 is 18.2 Å². The predicted octanol–water partition coefficient (Wildman–Crippen LogP) is 2.42. The molecule has 1 N–H and O–H groups in total. The van der Waals surface area contributed by atoms with E-state index in [0.29, 0.717) is 12.8 Å². The van der Waals surface area contributed by atoms with Crippen LogP contribution in [0, 0.1) is 0 Å². The molecule has 0 atom stereocenters. The summed E-state index contributed by atoms with van der Waals surface area (Å²) in [6, 6.07) is 0. The smallest absolute Gasteiger partial charge is 0.389 e. The van der Waals surface area contributed by atoms with Gasteiger partial charge in [-0.05, 0) is 19.9 Å². The summed E-state index contributed by atoms with van der Waals surface area (Å²) in [5.74, 6) is 0. The molecule has 0 aromatic carbocycles. The summed E-state index contributed by atoms with van der Waals surface area (Å²) in [5, 5.41) is 9.91. The maximum Gasteiger partial charge on any atom is 0.390 e. The molecule has 0 aliphatic heterocycles. The summed E-state index contributed by atoms with van der Waals surface area (Å²) in [7, 11) is 1.60. The number of halogens is 3. The van der Waals surface area contributed by atoms with Crippen LogP contribution in [0.2, 0.25) is 0 Å². The second-order valence-electron chi connectivity index (χ2n) is 4.03. The zero-order valence-corrected chi connectivity index (χ0v) is 9.56. The Labute approximate surface area is 89.1 Å². The van der Waals surface area contributed by atoms with Crippen LogP contribution in [-0.4, -0.2) is 41.9 Å². The lowest BCUT2D eigenvalue weighted by Crippen LogP contribution is -2.41. The van der Waals surface area contributed by atoms with E-state index in [9.17, 15) is 18.3 Å². The number of likely N-dealkylation sites (N-methyl/N-ethyl adjacent to an activating group) is 1. The quantitative estimate of drug-likeness (QED) is 0.753. The number of hydrogen-bond donors (Lipinski definition) is 1. The van der Waals surface area contributed by atoms with Crippen LogP contribution in [0.15, 0.2) is 0 Å². The van der Waals surface area contributed by atoms with Crippen molar-refractivity contribution >= 4 is 0 Å². The van der Waals surface area contributed by atoms with Gasteiger partial charge in [-0.2, -0.15) is 13.2 Å². The Morgan fingerprint density at radius 1 is 1.13 bits per heavy atom. The molecule has 92 valence electrons. The fourth-order valence-electron chi connectivity index (χ4n) is 1.37. The Kier molecular flexibility index (Phi) is 5.59. The van der Waals surface area contributed by atoms with Crippen LogP contribution in [-0.2, 0) is 0 Å². The molecule has 0 aliphatic carbocycles. The largest absolute Gasteiger partial charge is 0.390 e. The molecule has 0 bridgehead atoms. The van der Waals surface area contributed by atoms with Gasteiger partial charge in [-0.25, -0.2) is 0 Å². The molecule has 0 spiro atoms. The molecule has 0 saturated heterocycles. The molecule has 2 nitrogen and oxygen atoms in total. The molecule has 0 fully saturated rings. The molecule has 0 amide bonds. The Hall–Kier alpha value is -0.290. The van der Waals surface area contributed by atoms with Gasteiger partial charge in [0.1, 0.15) is 0 Å². The fraction of sp³-hybridized carbons (Fsp3) is 1.00. The Bertz CT molecular complexity index is 178. The van der Waals surface area contributed by atoms with E-state index in [1.54, 1.807) is 7.05 Å². The lowest BCUT2D eigenvalue weighted by Gasteiger charge is -2.30. The third-order valence-corrected chi connectivity index (χ3v) is 2.66. The van der Waals surface area contributed by atoms with Crippen LogP contribution in [0.3, 0.4) is 0 Å². The van der Waals surface area contributed by atoms with E-state index in [-0.39, 0.29) is 13.1 Å². The molecule has 0 aliphatic rings. The average Bonchev–Trinajstić information content (AvgIpc) is 2.13. The molecule has 0 saturated carbocycles. The first-order valence-corrected chi connectivity index (χ1v) is 5.20. The van der Waals surface area contributed by atoms with Crippen LogP contribution >= 0.6 is 0 Å². The van der Waals surface area contributed by atoms with Crippen molar-refractivity contribution in [2.24, 2.45) is 0 Å². The van der Waals surface area contributed by atoms with Gasteiger partial charge in [0.2, 0.25) is 0 Å². The highest BCUT2D eigenvalue weighted by Crippen LogP contribution is 2.21. The highest BCUT2D eigenvalue weighted by Gasteiger charge is 2.29. The fourth-order valence-corrected chi connectivity index (χ4v) is 1.37. The Morgan fingerprint density at radius 3 is 1.93 bits per heavy atom. The highest BCUT2D eigenvalue weighted by molar-refractivity contribution is 4.78. The molecule has 0 rings (SSSR count). The van der Waals surface area contributed by atoms with E-state index in [2.05, 4.69) is 0 Å². The topological polar surface area (TPSA) is 23.5 Å². The second kappa shape index (κ2) is 5.70. The first kappa shape index (κ1) is 14.7. The normalized spacial score (nSPS) is 13.6. The average molecular weight is 227 g/mol. The summed E-state index contributed by atoms with van der Waals surface area (Å²) in [6.07, 6.45) is -3.84. The summed E-state index contributed by atoms with van der Waals surface area (Å²) in [5.41, 5.74) is -0.861. The van der Waals surface area contributed by atoms with Crippen molar-refractivity contribution in [3.8, 4) is 0 Å². The molecule has 15 heavy (non-hydrogen) atoms. The molecule has 0 aromatic heterocycles. The molecule has 0 radical (unpaired) electrons. The van der Waals surface area contributed by atoms with Crippen LogP contribution < -0.4 is 0 Å². The van der Waals surface area contributed by atoms with Crippen molar-refractivity contribution in [2.45, 2.75) is 44.9 Å². The first-order chi connectivity index (χ1) is 6.72. The van der Waals surface area contributed by atoms with E-state index >= 15 is 0 Å². The van der Waals surface area contributed by atoms with Gasteiger partial charge in [0.25, 0.3) is 0 Å². The Balaban J connectivity index is 3.97. The van der Waals surface area contributed by atoms with Crippen molar-refractivity contribution in [1.82, 2.24) is 4.90 Å². The van der Waals surface area contributed by atoms with Gasteiger partial charge in [-0.1, -0.05) is 13.8 Å². The van der Waals surface area contributed by atoms with E-state index in [1.807, 2.05) is 13.8 Å². The van der Waals surface area contributed by atoms with Crippen molar-refractivity contribution in [3.63, 3.8) is 0 Å². The summed E-state index contributed by atoms with van der Waals surface area (Å²) in [6.45, 7) is 3.89. The van der Waals surface area contributed by atoms with Gasteiger partial charge in [0.05, 0.1) is 12.0 Å². The summed E-state index contributed by atoms with van der Waals surface area (Å²) < 4.78 is 35.8. The summed E-state index contributed by atoms with van der Waals surface area (Å²) in [4.78, 5) is 1.53.